The number of benzene rings is 2. The highest BCUT2D eigenvalue weighted by atomic mass is 32.2. The van der Waals surface area contributed by atoms with E-state index >= 15 is 0 Å². The van der Waals surface area contributed by atoms with Gasteiger partial charge in [-0.2, -0.15) is 4.98 Å². The van der Waals surface area contributed by atoms with Crippen molar-refractivity contribution >= 4 is 21.6 Å². The van der Waals surface area contributed by atoms with Crippen LogP contribution in [0.2, 0.25) is 0 Å². The Labute approximate surface area is 180 Å². The van der Waals surface area contributed by atoms with Gasteiger partial charge in [0, 0.05) is 12.6 Å². The quantitative estimate of drug-likeness (QED) is 0.554. The summed E-state index contributed by atoms with van der Waals surface area (Å²) in [6.45, 7) is 3.34. The van der Waals surface area contributed by atoms with E-state index in [1.165, 1.54) is 37.1 Å². The number of anilines is 1. The molecule has 8 nitrogen and oxygen atoms in total. The summed E-state index contributed by atoms with van der Waals surface area (Å²) >= 11 is 0. The van der Waals surface area contributed by atoms with E-state index in [0.717, 1.165) is 27.8 Å². The van der Waals surface area contributed by atoms with E-state index in [9.17, 15) is 17.6 Å². The Morgan fingerprint density at radius 2 is 1.81 bits per heavy atom. The molecule has 0 spiro atoms. The molecule has 0 saturated heterocycles. The summed E-state index contributed by atoms with van der Waals surface area (Å²) in [4.78, 5) is 18.5. The minimum Gasteiger partial charge on any atom is -0.337 e. The van der Waals surface area contributed by atoms with Crippen LogP contribution in [0.1, 0.15) is 18.4 Å². The Kier molecular flexibility index (Phi) is 6.40. The molecule has 1 unspecified atom stereocenters. The van der Waals surface area contributed by atoms with Gasteiger partial charge in [0.2, 0.25) is 27.6 Å². The fourth-order valence-corrected chi connectivity index (χ4v) is 4.31. The predicted molar refractivity (Wildman–Crippen MR) is 114 cm³/mol. The number of hydrogen-bond donors (Lipinski definition) is 0. The first-order chi connectivity index (χ1) is 14.6. The highest BCUT2D eigenvalue weighted by Gasteiger charge is 2.33. The predicted octanol–water partition coefficient (Wildman–Crippen LogP) is 3.00. The number of rotatable bonds is 7. The summed E-state index contributed by atoms with van der Waals surface area (Å²) in [6, 6.07) is 11.8. The van der Waals surface area contributed by atoms with Gasteiger partial charge in [-0.25, -0.2) is 12.8 Å². The number of hydrogen-bond acceptors (Lipinski definition) is 6. The second-order valence-corrected chi connectivity index (χ2v) is 9.12. The fourth-order valence-electron chi connectivity index (χ4n) is 3.14. The Bertz CT molecular complexity index is 1180. The molecule has 0 bridgehead atoms. The summed E-state index contributed by atoms with van der Waals surface area (Å²) < 4.78 is 45.0. The van der Waals surface area contributed by atoms with E-state index in [-0.39, 0.29) is 18.1 Å². The number of carbonyl (C=O) groups is 1. The molecular weight excluding hydrogens is 423 g/mol. The molecule has 0 aliphatic rings. The molecule has 31 heavy (non-hydrogen) atoms. The first kappa shape index (κ1) is 22.4. The largest absolute Gasteiger partial charge is 0.337 e. The van der Waals surface area contributed by atoms with Crippen LogP contribution >= 0.6 is 0 Å². The number of carbonyl (C=O) groups excluding carboxylic acids is 1. The van der Waals surface area contributed by atoms with Crippen LogP contribution in [-0.2, 0) is 21.4 Å². The van der Waals surface area contributed by atoms with E-state index in [2.05, 4.69) is 10.1 Å². The topological polar surface area (TPSA) is 96.6 Å². The number of nitrogens with zero attached hydrogens (tertiary/aromatic N) is 4. The molecule has 1 heterocycles. The minimum absolute atomic E-state index is 0.0308. The van der Waals surface area contributed by atoms with Gasteiger partial charge < -0.3 is 9.42 Å². The molecule has 3 rings (SSSR count). The van der Waals surface area contributed by atoms with Gasteiger partial charge in [0.1, 0.15) is 11.9 Å². The summed E-state index contributed by atoms with van der Waals surface area (Å²) in [5.74, 6) is -0.720. The maximum Gasteiger partial charge on any atom is 0.246 e. The van der Waals surface area contributed by atoms with Gasteiger partial charge in [0.05, 0.1) is 18.5 Å². The molecule has 3 aromatic rings. The van der Waals surface area contributed by atoms with Gasteiger partial charge in [0.25, 0.3) is 0 Å². The highest BCUT2D eigenvalue weighted by molar-refractivity contribution is 7.92. The van der Waals surface area contributed by atoms with Crippen LogP contribution in [-0.4, -0.2) is 48.7 Å². The molecule has 0 aliphatic carbocycles. The average molecular weight is 447 g/mol. The molecule has 0 aliphatic heterocycles. The first-order valence-corrected chi connectivity index (χ1v) is 11.3. The van der Waals surface area contributed by atoms with Crippen molar-refractivity contribution in [3.05, 3.63) is 65.8 Å². The molecule has 2 aromatic carbocycles. The van der Waals surface area contributed by atoms with Crippen molar-refractivity contribution in [3.8, 4) is 11.4 Å². The smallest absolute Gasteiger partial charge is 0.246 e. The van der Waals surface area contributed by atoms with Crippen molar-refractivity contribution in [1.29, 1.82) is 0 Å². The van der Waals surface area contributed by atoms with Gasteiger partial charge in [-0.3, -0.25) is 9.10 Å². The Morgan fingerprint density at radius 3 is 2.42 bits per heavy atom. The van der Waals surface area contributed by atoms with Gasteiger partial charge in [-0.1, -0.05) is 47.1 Å². The molecule has 1 atom stereocenters. The lowest BCUT2D eigenvalue weighted by Crippen LogP contribution is -2.48. The Hall–Kier alpha value is -3.27. The van der Waals surface area contributed by atoms with Crippen molar-refractivity contribution in [2.24, 2.45) is 0 Å². The fraction of sp³-hybridized carbons (Fsp3) is 0.286. The molecule has 0 fully saturated rings. The van der Waals surface area contributed by atoms with Crippen molar-refractivity contribution in [2.75, 3.05) is 17.6 Å². The second-order valence-electron chi connectivity index (χ2n) is 7.26. The Morgan fingerprint density at radius 1 is 1.16 bits per heavy atom. The van der Waals surface area contributed by atoms with Crippen LogP contribution in [0.15, 0.2) is 53.1 Å². The summed E-state index contributed by atoms with van der Waals surface area (Å²) in [6.07, 6.45) is 0.926. The normalized spacial score (nSPS) is 12.4. The zero-order valence-corrected chi connectivity index (χ0v) is 18.4. The highest BCUT2D eigenvalue weighted by Crippen LogP contribution is 2.25. The third kappa shape index (κ3) is 5.08. The number of amides is 1. The third-order valence-corrected chi connectivity index (χ3v) is 5.91. The van der Waals surface area contributed by atoms with Crippen LogP contribution in [0.25, 0.3) is 11.4 Å². The first-order valence-electron chi connectivity index (χ1n) is 9.46. The zero-order valence-electron chi connectivity index (χ0n) is 17.6. The lowest BCUT2D eigenvalue weighted by molar-refractivity contribution is -0.131. The zero-order chi connectivity index (χ0) is 22.8. The summed E-state index contributed by atoms with van der Waals surface area (Å²) in [5.41, 5.74) is 1.67. The van der Waals surface area contributed by atoms with E-state index in [0.29, 0.717) is 5.82 Å². The third-order valence-electron chi connectivity index (χ3n) is 4.68. The van der Waals surface area contributed by atoms with Crippen LogP contribution in [0.5, 0.6) is 0 Å². The maximum atomic E-state index is 14.3. The second kappa shape index (κ2) is 8.84. The molecule has 1 aromatic heterocycles. The van der Waals surface area contributed by atoms with Crippen LogP contribution in [0.3, 0.4) is 0 Å². The molecular formula is C21H23FN4O4S. The van der Waals surface area contributed by atoms with E-state index in [1.54, 1.807) is 0 Å². The van der Waals surface area contributed by atoms with Crippen molar-refractivity contribution in [2.45, 2.75) is 26.4 Å². The van der Waals surface area contributed by atoms with E-state index in [1.807, 2.05) is 31.2 Å². The number of halogens is 1. The molecule has 0 saturated carbocycles. The van der Waals surface area contributed by atoms with Crippen molar-refractivity contribution in [1.82, 2.24) is 15.0 Å². The SMILES string of the molecule is Cc1ccc(-c2noc(CN(C)C(=O)C(C)N(c3ccccc3F)S(C)(=O)=O)n2)cc1. The van der Waals surface area contributed by atoms with Crippen LogP contribution in [0.4, 0.5) is 10.1 Å². The standard InChI is InChI=1S/C21H23FN4O4S/c1-14-9-11-16(12-10-14)20-23-19(30-24-20)13-25(3)21(27)15(2)26(31(4,28)29)18-8-6-5-7-17(18)22/h5-12,15H,13H2,1-4H3. The van der Waals surface area contributed by atoms with E-state index in [4.69, 9.17) is 4.52 Å². The molecule has 0 N–H and O–H groups in total. The van der Waals surface area contributed by atoms with Crippen LogP contribution in [0, 0.1) is 12.7 Å². The molecule has 164 valence electrons. The number of likely N-dealkylation sites (N-methyl/N-ethyl adjacent to an activating group) is 1. The average Bonchev–Trinajstić information content (AvgIpc) is 3.17. The minimum atomic E-state index is -3.93. The van der Waals surface area contributed by atoms with Gasteiger partial charge in [-0.05, 0) is 26.0 Å². The van der Waals surface area contributed by atoms with Crippen LogP contribution < -0.4 is 4.31 Å². The monoisotopic (exact) mass is 446 g/mol. The summed E-state index contributed by atoms with van der Waals surface area (Å²) in [7, 11) is -2.45. The van der Waals surface area contributed by atoms with Gasteiger partial charge in [-0.15, -0.1) is 0 Å². The lowest BCUT2D eigenvalue weighted by atomic mass is 10.1. The Balaban J connectivity index is 1.78. The number of aromatic nitrogens is 2. The molecule has 0 radical (unpaired) electrons. The molecule has 10 heteroatoms. The van der Waals surface area contributed by atoms with Gasteiger partial charge in [0.15, 0.2) is 0 Å². The van der Waals surface area contributed by atoms with E-state index < -0.39 is 27.8 Å². The van der Waals surface area contributed by atoms with Gasteiger partial charge >= 0.3 is 0 Å². The number of para-hydroxylation sites is 1. The lowest BCUT2D eigenvalue weighted by Gasteiger charge is -2.30. The maximum absolute atomic E-state index is 14.3. The number of aryl methyl sites for hydroxylation is 1. The summed E-state index contributed by atoms with van der Waals surface area (Å²) in [5, 5.41) is 3.93. The number of sulfonamides is 1. The molecule has 1 amide bonds. The van der Waals surface area contributed by atoms with Crippen molar-refractivity contribution < 1.29 is 22.1 Å². The van der Waals surface area contributed by atoms with Crippen molar-refractivity contribution in [3.63, 3.8) is 0 Å².